The molecule has 0 saturated carbocycles. The first-order valence-corrected chi connectivity index (χ1v) is 32.4. The predicted molar refractivity (Wildman–Crippen MR) is 353 cm³/mol. The highest BCUT2D eigenvalue weighted by molar-refractivity contribution is 5.78. The maximum Gasteiger partial charge on any atom is 0.340 e. The van der Waals surface area contributed by atoms with Gasteiger partial charge in [0, 0.05) is 32.5 Å². The van der Waals surface area contributed by atoms with Gasteiger partial charge in [0.1, 0.15) is 25.3 Å². The highest BCUT2D eigenvalue weighted by Gasteiger charge is 2.34. The summed E-state index contributed by atoms with van der Waals surface area (Å²) in [6, 6.07) is 43.8. The third kappa shape index (κ3) is 28.6. The molecular formula is C72H103N5O16+2. The number of carbonyl (C=O) groups excluding carboxylic acids is 4. The van der Waals surface area contributed by atoms with E-state index in [1.165, 1.54) is 0 Å². The molecule has 5 aliphatic rings. The fourth-order valence-electron chi connectivity index (χ4n) is 11.5. The van der Waals surface area contributed by atoms with Crippen LogP contribution in [0.1, 0.15) is 123 Å². The van der Waals surface area contributed by atoms with Crippen molar-refractivity contribution in [2.45, 2.75) is 125 Å². The number of hydrogen-bond acceptors (Lipinski definition) is 18. The van der Waals surface area contributed by atoms with Crippen LogP contribution in [0.25, 0.3) is 0 Å². The van der Waals surface area contributed by atoms with Crippen LogP contribution in [0.15, 0.2) is 152 Å². The molecule has 5 heterocycles. The molecule has 7 N–H and O–H groups in total. The van der Waals surface area contributed by atoms with Crippen molar-refractivity contribution in [3.63, 3.8) is 0 Å². The lowest BCUT2D eigenvalue weighted by molar-refractivity contribution is -0.898. The van der Waals surface area contributed by atoms with Crippen LogP contribution < -0.4 is 0 Å². The molecule has 0 radical (unpaired) electrons. The van der Waals surface area contributed by atoms with Gasteiger partial charge in [0.2, 0.25) is 0 Å². The zero-order valence-corrected chi connectivity index (χ0v) is 55.4. The van der Waals surface area contributed by atoms with Crippen molar-refractivity contribution in [3.8, 4) is 0 Å². The lowest BCUT2D eigenvalue weighted by atomic mass is 10.1. The number of likely N-dealkylation sites (N-methyl/N-ethyl adjacent to an activating group) is 5. The number of benzene rings is 5. The molecule has 510 valence electrons. The second-order valence-electron chi connectivity index (χ2n) is 26.0. The highest BCUT2D eigenvalue weighted by atomic mass is 16.6. The minimum absolute atomic E-state index is 0.0613. The number of carbonyl (C=O) groups is 5. The van der Waals surface area contributed by atoms with Gasteiger partial charge in [0.05, 0.1) is 47.4 Å². The van der Waals surface area contributed by atoms with Gasteiger partial charge in [-0.3, -0.25) is 0 Å². The maximum absolute atomic E-state index is 11.9. The number of aliphatic hydroxyl groups is 6. The van der Waals surface area contributed by atoms with E-state index in [1.807, 2.05) is 45.4 Å². The van der Waals surface area contributed by atoms with Crippen molar-refractivity contribution in [1.82, 2.24) is 14.7 Å². The van der Waals surface area contributed by atoms with Crippen molar-refractivity contribution >= 4 is 29.8 Å². The number of ether oxygens (including phenoxy) is 4. The quantitative estimate of drug-likeness (QED) is 0.0351. The van der Waals surface area contributed by atoms with Crippen LogP contribution in [0, 0.1) is 0 Å². The summed E-state index contributed by atoms with van der Waals surface area (Å²) in [5, 5.41) is 66.2. The van der Waals surface area contributed by atoms with E-state index in [1.54, 1.807) is 127 Å². The molecule has 0 spiro atoms. The Morgan fingerprint density at radius 3 is 0.860 bits per heavy atom. The number of hydrogen-bond donors (Lipinski definition) is 7. The van der Waals surface area contributed by atoms with Crippen molar-refractivity contribution in [3.05, 3.63) is 179 Å². The monoisotopic (exact) mass is 1290 g/mol. The van der Waals surface area contributed by atoms with Crippen LogP contribution in [0.5, 0.6) is 0 Å². The SMILES string of the molecule is CN1CCCC(O)C1.CN1CCC[C@@H](OC(=O)[C@@H](O)c2ccccc2)C1.CN1CCC[C@H](OC(=O)[C@@H](O)c2ccccc2)C1.C[N+]1(C)CCC[C@@H](OC(=O)[C@@H](O)c2ccccc2)C1.C[N+]1(C)CCC[C@H](OC(=O)[C@@H](O)c2ccccc2)C1.O=C(O)[C@@H](O)c1ccccc1. The average molecular weight is 1290 g/mol. The number of rotatable bonds is 14. The normalized spacial score (nSPS) is 22.7. The smallest absolute Gasteiger partial charge is 0.340 e. The van der Waals surface area contributed by atoms with Crippen LogP contribution in [-0.4, -0.2) is 235 Å². The van der Waals surface area contributed by atoms with Crippen molar-refractivity contribution < 1.29 is 87.6 Å². The van der Waals surface area contributed by atoms with E-state index in [-0.39, 0.29) is 30.5 Å². The fraction of sp³-hybridized carbons (Fsp3) is 0.514. The highest BCUT2D eigenvalue weighted by Crippen LogP contribution is 2.24. The summed E-state index contributed by atoms with van der Waals surface area (Å²) < 4.78 is 23.3. The van der Waals surface area contributed by atoms with E-state index >= 15 is 0 Å². The van der Waals surface area contributed by atoms with Gasteiger partial charge in [-0.25, -0.2) is 24.0 Å². The molecule has 5 aromatic rings. The van der Waals surface area contributed by atoms with Crippen LogP contribution >= 0.6 is 0 Å². The molecule has 21 nitrogen and oxygen atoms in total. The van der Waals surface area contributed by atoms with E-state index in [9.17, 15) is 44.4 Å². The molecule has 0 aliphatic carbocycles. The molecule has 5 saturated heterocycles. The van der Waals surface area contributed by atoms with Gasteiger partial charge >= 0.3 is 29.8 Å². The Kier molecular flexibility index (Phi) is 32.7. The van der Waals surface area contributed by atoms with Gasteiger partial charge in [0.25, 0.3) is 0 Å². The first-order valence-electron chi connectivity index (χ1n) is 32.4. The second kappa shape index (κ2) is 39.7. The van der Waals surface area contributed by atoms with Crippen LogP contribution in [0.2, 0.25) is 0 Å². The molecule has 5 aliphatic heterocycles. The molecule has 0 amide bonds. The summed E-state index contributed by atoms with van der Waals surface area (Å²) in [6.07, 6.45) is 3.22. The molecule has 10 atom stereocenters. The zero-order chi connectivity index (χ0) is 67.9. The lowest BCUT2D eigenvalue weighted by Gasteiger charge is -2.37. The predicted octanol–water partition coefficient (Wildman–Crippen LogP) is 6.60. The molecular weight excluding hydrogens is 1190 g/mol. The van der Waals surface area contributed by atoms with Crippen molar-refractivity contribution in [1.29, 1.82) is 0 Å². The first kappa shape index (κ1) is 76.7. The van der Waals surface area contributed by atoms with Gasteiger partial charge in [-0.15, -0.1) is 0 Å². The average Bonchev–Trinajstić information content (AvgIpc) is 2.50. The third-order valence-corrected chi connectivity index (χ3v) is 16.6. The summed E-state index contributed by atoms with van der Waals surface area (Å²) in [7, 11) is 14.6. The van der Waals surface area contributed by atoms with Gasteiger partial charge in [-0.1, -0.05) is 152 Å². The number of carboxylic acids is 1. The summed E-state index contributed by atoms with van der Waals surface area (Å²) in [6.45, 7) is 9.41. The Labute approximate surface area is 549 Å². The number of likely N-dealkylation sites (tertiary alicyclic amines) is 5. The Balaban J connectivity index is 0.000000206. The van der Waals surface area contributed by atoms with E-state index in [0.29, 0.717) is 27.8 Å². The van der Waals surface area contributed by atoms with E-state index in [2.05, 4.69) is 42.9 Å². The number of aliphatic carboxylic acids is 1. The van der Waals surface area contributed by atoms with Crippen molar-refractivity contribution in [2.75, 3.05) is 115 Å². The summed E-state index contributed by atoms with van der Waals surface area (Å²) in [5.74, 6) is -3.42. The zero-order valence-electron chi connectivity index (χ0n) is 55.4. The summed E-state index contributed by atoms with van der Waals surface area (Å²) in [5.41, 5.74) is 2.72. The Hall–Kier alpha value is -6.99. The standard InChI is InChI=1S/2C15H22NO3.2C14H19NO3.C8H8O3.C6H13NO/c2*1-16(2)10-6-9-13(11-16)19-15(18)14(17)12-7-4-3-5-8-12;2*1-15-9-5-8-12(10-15)18-14(17)13(16)11-6-3-2-4-7-11;9-7(8(10)11)6-4-2-1-3-5-6;1-7-4-2-3-6(8)5-7/h2*3-5,7-8,13-14,17H,6,9-11H2,1-2H3;2*2-4,6-7,12-13,16H,5,8-10H2,1H3;1-5,7,9H,(H,10,11);6,8H,2-5H2,1H3/q2*+1;;;;/t13-,14+;13-,14-;12-,13+;12-,13-;7-;/m10100./s1. The Morgan fingerprint density at radius 1 is 0.376 bits per heavy atom. The van der Waals surface area contributed by atoms with Gasteiger partial charge < -0.3 is 78.4 Å². The Bertz CT molecular complexity index is 2780. The first-order chi connectivity index (χ1) is 44.3. The molecule has 10 rings (SSSR count). The van der Waals surface area contributed by atoms with Crippen LogP contribution in [0.3, 0.4) is 0 Å². The molecule has 21 heteroatoms. The number of carboxylic acid groups (broad SMARTS) is 1. The number of aliphatic hydroxyl groups excluding tert-OH is 6. The molecule has 0 aromatic heterocycles. The molecule has 93 heavy (non-hydrogen) atoms. The number of β-amino-alcohol motifs (C(OH)–C–C–N with tert-alkyl or cyclic N) is 1. The van der Waals surface area contributed by atoms with E-state index < -0.39 is 60.4 Å². The van der Waals surface area contributed by atoms with Gasteiger partial charge in [-0.2, -0.15) is 0 Å². The van der Waals surface area contributed by atoms with E-state index in [0.717, 1.165) is 139 Å². The Morgan fingerprint density at radius 2 is 0.624 bits per heavy atom. The second-order valence-corrected chi connectivity index (χ2v) is 26.0. The molecule has 5 fully saturated rings. The summed E-state index contributed by atoms with van der Waals surface area (Å²) in [4.78, 5) is 64.2. The summed E-state index contributed by atoms with van der Waals surface area (Å²) >= 11 is 0. The number of quaternary nitrogens is 2. The number of esters is 4. The molecule has 0 bridgehead atoms. The maximum atomic E-state index is 11.9. The molecule has 1 unspecified atom stereocenters. The fourth-order valence-corrected chi connectivity index (χ4v) is 11.5. The van der Waals surface area contributed by atoms with Gasteiger partial charge in [0.15, 0.2) is 42.7 Å². The topological polar surface area (TPSA) is 274 Å². The van der Waals surface area contributed by atoms with E-state index in [4.69, 9.17) is 34.3 Å². The minimum atomic E-state index is -1.41. The lowest BCUT2D eigenvalue weighted by Crippen LogP contribution is -2.51. The van der Waals surface area contributed by atoms with Crippen LogP contribution in [0.4, 0.5) is 0 Å². The largest absolute Gasteiger partial charge is 0.479 e. The molecule has 5 aromatic carbocycles. The van der Waals surface area contributed by atoms with Crippen molar-refractivity contribution in [2.24, 2.45) is 0 Å². The number of nitrogens with zero attached hydrogens (tertiary/aromatic N) is 5. The number of piperidine rings is 5. The van der Waals surface area contributed by atoms with Crippen LogP contribution in [-0.2, 0) is 42.9 Å². The third-order valence-electron chi connectivity index (χ3n) is 16.6. The minimum Gasteiger partial charge on any atom is -0.479 e. The van der Waals surface area contributed by atoms with Gasteiger partial charge in [-0.05, 0) is 120 Å².